The molecule has 0 unspecified atom stereocenters. The van der Waals surface area contributed by atoms with E-state index in [-0.39, 0.29) is 5.82 Å². The van der Waals surface area contributed by atoms with Gasteiger partial charge in [-0.1, -0.05) is 19.3 Å². The summed E-state index contributed by atoms with van der Waals surface area (Å²) >= 11 is 0. The van der Waals surface area contributed by atoms with Crippen LogP contribution in [0.4, 0.5) is 15.9 Å². The number of hydrogen-bond acceptors (Lipinski definition) is 4. The SMILES string of the molecule is NC(=O)c1cn(C2CCCCC2)nc1Nc1cnc2ccc(F)cc2c1. The standard InChI is InChI=1S/C19H20FN5O/c20-13-6-7-17-12(8-13)9-14(10-22-17)23-19-16(18(21)26)11-25(24-19)15-4-2-1-3-5-15/h6-11,15H,1-5H2,(H2,21,26)(H,23,24). The lowest BCUT2D eigenvalue weighted by atomic mass is 9.96. The molecule has 2 heterocycles. The third-order valence-electron chi connectivity index (χ3n) is 4.85. The van der Waals surface area contributed by atoms with Crippen molar-refractivity contribution in [1.82, 2.24) is 14.8 Å². The summed E-state index contributed by atoms with van der Waals surface area (Å²) < 4.78 is 15.3. The molecule has 0 atom stereocenters. The number of rotatable bonds is 4. The van der Waals surface area contributed by atoms with E-state index in [1.54, 1.807) is 24.5 Å². The van der Waals surface area contributed by atoms with Crippen LogP contribution in [0.15, 0.2) is 36.7 Å². The molecule has 0 bridgehead atoms. The van der Waals surface area contributed by atoms with Crippen LogP contribution in [-0.2, 0) is 0 Å². The molecule has 6 nitrogen and oxygen atoms in total. The number of anilines is 2. The lowest BCUT2D eigenvalue weighted by Crippen LogP contribution is -2.14. The number of aromatic nitrogens is 3. The van der Waals surface area contributed by atoms with Gasteiger partial charge in [0.05, 0.1) is 23.4 Å². The van der Waals surface area contributed by atoms with Crippen molar-refractivity contribution in [2.75, 3.05) is 5.32 Å². The van der Waals surface area contributed by atoms with E-state index < -0.39 is 5.91 Å². The Bertz CT molecular complexity index is 962. The van der Waals surface area contributed by atoms with Crippen molar-refractivity contribution in [3.05, 3.63) is 48.0 Å². The highest BCUT2D eigenvalue weighted by molar-refractivity contribution is 5.98. The quantitative estimate of drug-likeness (QED) is 0.744. The van der Waals surface area contributed by atoms with Crippen molar-refractivity contribution in [2.24, 2.45) is 5.73 Å². The van der Waals surface area contributed by atoms with Crippen molar-refractivity contribution in [2.45, 2.75) is 38.1 Å². The Hall–Kier alpha value is -2.96. The van der Waals surface area contributed by atoms with Gasteiger partial charge in [-0.05, 0) is 37.1 Å². The molecule has 0 radical (unpaired) electrons. The fraction of sp³-hybridized carbons (Fsp3) is 0.316. The van der Waals surface area contributed by atoms with Gasteiger partial charge in [0.2, 0.25) is 0 Å². The smallest absolute Gasteiger partial charge is 0.254 e. The number of primary amides is 1. The Labute approximate surface area is 150 Å². The second-order valence-corrected chi connectivity index (χ2v) is 6.71. The first-order valence-corrected chi connectivity index (χ1v) is 8.81. The topological polar surface area (TPSA) is 85.8 Å². The number of nitrogens with two attached hydrogens (primary N) is 1. The molecule has 7 heteroatoms. The number of benzene rings is 1. The van der Waals surface area contributed by atoms with Crippen LogP contribution in [-0.4, -0.2) is 20.7 Å². The van der Waals surface area contributed by atoms with Crippen molar-refractivity contribution in [3.63, 3.8) is 0 Å². The van der Waals surface area contributed by atoms with Crippen LogP contribution >= 0.6 is 0 Å². The van der Waals surface area contributed by atoms with Crippen LogP contribution < -0.4 is 11.1 Å². The summed E-state index contributed by atoms with van der Waals surface area (Å²) in [5.41, 5.74) is 7.19. The minimum Gasteiger partial charge on any atom is -0.365 e. The largest absolute Gasteiger partial charge is 0.365 e. The summed E-state index contributed by atoms with van der Waals surface area (Å²) in [4.78, 5) is 16.1. The molecular formula is C19H20FN5O. The first-order chi connectivity index (χ1) is 12.6. The van der Waals surface area contributed by atoms with Gasteiger partial charge < -0.3 is 11.1 Å². The highest BCUT2D eigenvalue weighted by atomic mass is 19.1. The van der Waals surface area contributed by atoms with Gasteiger partial charge in [0.1, 0.15) is 11.4 Å². The molecule has 134 valence electrons. The van der Waals surface area contributed by atoms with Gasteiger partial charge in [0.25, 0.3) is 5.91 Å². The number of amides is 1. The van der Waals surface area contributed by atoms with Crippen LogP contribution in [0.2, 0.25) is 0 Å². The molecule has 1 aliphatic carbocycles. The first-order valence-electron chi connectivity index (χ1n) is 8.81. The van der Waals surface area contributed by atoms with Crippen LogP contribution in [0.1, 0.15) is 48.5 Å². The van der Waals surface area contributed by atoms with E-state index in [1.165, 1.54) is 31.4 Å². The van der Waals surface area contributed by atoms with Gasteiger partial charge >= 0.3 is 0 Å². The predicted molar refractivity (Wildman–Crippen MR) is 97.9 cm³/mol. The molecule has 4 rings (SSSR count). The fourth-order valence-corrected chi connectivity index (χ4v) is 3.50. The number of halogens is 1. The average molecular weight is 353 g/mol. The second kappa shape index (κ2) is 6.74. The molecule has 26 heavy (non-hydrogen) atoms. The average Bonchev–Trinajstić information content (AvgIpc) is 3.06. The Morgan fingerprint density at radius 1 is 1.23 bits per heavy atom. The Morgan fingerprint density at radius 2 is 2.04 bits per heavy atom. The van der Waals surface area contributed by atoms with E-state index in [2.05, 4.69) is 15.4 Å². The number of hydrogen-bond donors (Lipinski definition) is 2. The molecule has 1 amide bonds. The molecule has 0 spiro atoms. The summed E-state index contributed by atoms with van der Waals surface area (Å²) in [7, 11) is 0. The predicted octanol–water partition coefficient (Wildman–Crippen LogP) is 3.92. The van der Waals surface area contributed by atoms with Crippen molar-refractivity contribution in [1.29, 1.82) is 0 Å². The normalized spacial score (nSPS) is 15.3. The van der Waals surface area contributed by atoms with Crippen molar-refractivity contribution >= 4 is 28.3 Å². The van der Waals surface area contributed by atoms with Crippen LogP contribution in [0.5, 0.6) is 0 Å². The minimum absolute atomic E-state index is 0.293. The van der Waals surface area contributed by atoms with Crippen LogP contribution in [0.3, 0.4) is 0 Å². The van der Waals surface area contributed by atoms with E-state index in [0.29, 0.717) is 34.0 Å². The van der Waals surface area contributed by atoms with E-state index in [9.17, 15) is 9.18 Å². The van der Waals surface area contributed by atoms with Gasteiger partial charge in [0, 0.05) is 11.6 Å². The maximum atomic E-state index is 13.4. The molecule has 1 fully saturated rings. The van der Waals surface area contributed by atoms with Crippen molar-refractivity contribution < 1.29 is 9.18 Å². The van der Waals surface area contributed by atoms with E-state index in [0.717, 1.165) is 12.8 Å². The molecular weight excluding hydrogens is 333 g/mol. The molecule has 0 aliphatic heterocycles. The van der Waals surface area contributed by atoms with E-state index >= 15 is 0 Å². The molecule has 3 aromatic rings. The first kappa shape index (κ1) is 16.5. The molecule has 3 N–H and O–H groups in total. The summed E-state index contributed by atoms with van der Waals surface area (Å²) in [6.45, 7) is 0. The Balaban J connectivity index is 1.66. The fourth-order valence-electron chi connectivity index (χ4n) is 3.50. The van der Waals surface area contributed by atoms with Crippen molar-refractivity contribution in [3.8, 4) is 0 Å². The molecule has 2 aromatic heterocycles. The number of nitrogens with zero attached hydrogens (tertiary/aromatic N) is 3. The number of nitrogens with one attached hydrogen (secondary N) is 1. The van der Waals surface area contributed by atoms with Gasteiger partial charge in [-0.2, -0.15) is 5.10 Å². The number of carbonyl (C=O) groups is 1. The highest BCUT2D eigenvalue weighted by Crippen LogP contribution is 2.30. The molecule has 1 saturated carbocycles. The lowest BCUT2D eigenvalue weighted by molar-refractivity contribution is 0.100. The highest BCUT2D eigenvalue weighted by Gasteiger charge is 2.21. The monoisotopic (exact) mass is 353 g/mol. The maximum Gasteiger partial charge on any atom is 0.254 e. The third kappa shape index (κ3) is 3.24. The lowest BCUT2D eigenvalue weighted by Gasteiger charge is -2.21. The van der Waals surface area contributed by atoms with E-state index in [4.69, 9.17) is 5.73 Å². The van der Waals surface area contributed by atoms with Gasteiger partial charge in [0.15, 0.2) is 5.82 Å². The summed E-state index contributed by atoms with van der Waals surface area (Å²) in [5.74, 6) is -0.453. The van der Waals surface area contributed by atoms with Gasteiger partial charge in [-0.15, -0.1) is 0 Å². The number of fused-ring (bicyclic) bond motifs is 1. The Kier molecular flexibility index (Phi) is 4.28. The molecule has 1 aromatic carbocycles. The Morgan fingerprint density at radius 3 is 2.81 bits per heavy atom. The number of pyridine rings is 1. The number of carbonyl (C=O) groups excluding carboxylic acids is 1. The molecule has 1 aliphatic rings. The summed E-state index contributed by atoms with van der Waals surface area (Å²) in [5, 5.41) is 8.33. The summed E-state index contributed by atoms with van der Waals surface area (Å²) in [6.07, 6.45) is 9.02. The third-order valence-corrected chi connectivity index (χ3v) is 4.85. The van der Waals surface area contributed by atoms with Crippen LogP contribution in [0, 0.1) is 5.82 Å². The second-order valence-electron chi connectivity index (χ2n) is 6.71. The summed E-state index contributed by atoms with van der Waals surface area (Å²) in [6, 6.07) is 6.49. The molecule has 0 saturated heterocycles. The van der Waals surface area contributed by atoms with Crippen LogP contribution in [0.25, 0.3) is 10.9 Å². The zero-order valence-electron chi connectivity index (χ0n) is 14.3. The van der Waals surface area contributed by atoms with Gasteiger partial charge in [-0.3, -0.25) is 14.5 Å². The van der Waals surface area contributed by atoms with Gasteiger partial charge in [-0.25, -0.2) is 4.39 Å². The van der Waals surface area contributed by atoms with E-state index in [1.807, 2.05) is 4.68 Å². The zero-order chi connectivity index (χ0) is 18.1. The zero-order valence-corrected chi connectivity index (χ0v) is 14.3. The maximum absolute atomic E-state index is 13.4. The minimum atomic E-state index is -0.533.